The van der Waals surface area contributed by atoms with Crippen molar-refractivity contribution in [1.82, 2.24) is 9.62 Å². The summed E-state index contributed by atoms with van der Waals surface area (Å²) in [6, 6.07) is 8.89. The van der Waals surface area contributed by atoms with Gasteiger partial charge in [-0.1, -0.05) is 19.1 Å². The van der Waals surface area contributed by atoms with Crippen molar-refractivity contribution < 1.29 is 22.7 Å². The Labute approximate surface area is 181 Å². The summed E-state index contributed by atoms with van der Waals surface area (Å²) in [5.41, 5.74) is 0.953. The molecule has 4 rings (SSSR count). The van der Waals surface area contributed by atoms with Crippen LogP contribution in [0, 0.1) is 5.92 Å². The first-order valence-electron chi connectivity index (χ1n) is 10.2. The van der Waals surface area contributed by atoms with E-state index in [0.717, 1.165) is 12.0 Å². The third kappa shape index (κ3) is 4.33. The molecule has 0 bridgehead atoms. The first-order chi connectivity index (χ1) is 14.5. The van der Waals surface area contributed by atoms with Crippen LogP contribution >= 0.6 is 11.3 Å². The second-order valence-corrected chi connectivity index (χ2v) is 10.6. The van der Waals surface area contributed by atoms with Crippen molar-refractivity contribution in [3.05, 3.63) is 41.3 Å². The molecule has 2 aliphatic rings. The molecule has 1 saturated heterocycles. The van der Waals surface area contributed by atoms with E-state index in [2.05, 4.69) is 5.32 Å². The lowest BCUT2D eigenvalue weighted by Gasteiger charge is -2.32. The molecule has 1 fully saturated rings. The lowest BCUT2D eigenvalue weighted by molar-refractivity contribution is -0.126. The highest BCUT2D eigenvalue weighted by molar-refractivity contribution is 7.91. The van der Waals surface area contributed by atoms with E-state index in [0.29, 0.717) is 48.3 Å². The molecule has 0 radical (unpaired) electrons. The van der Waals surface area contributed by atoms with Gasteiger partial charge in [-0.2, -0.15) is 4.31 Å². The number of fused-ring (bicyclic) bond motifs is 1. The Morgan fingerprint density at radius 1 is 1.27 bits per heavy atom. The highest BCUT2D eigenvalue weighted by atomic mass is 32.2. The number of thiophene rings is 1. The summed E-state index contributed by atoms with van der Waals surface area (Å²) in [5, 5.41) is 4.86. The van der Waals surface area contributed by atoms with E-state index in [-0.39, 0.29) is 24.4 Å². The first-order valence-corrected chi connectivity index (χ1v) is 12.5. The highest BCUT2D eigenvalue weighted by Crippen LogP contribution is 2.34. The fourth-order valence-electron chi connectivity index (χ4n) is 3.90. The van der Waals surface area contributed by atoms with E-state index in [9.17, 15) is 13.2 Å². The van der Waals surface area contributed by atoms with Gasteiger partial charge in [-0.25, -0.2) is 8.42 Å². The zero-order chi connectivity index (χ0) is 21.1. The molecule has 30 heavy (non-hydrogen) atoms. The van der Waals surface area contributed by atoms with E-state index in [1.165, 1.54) is 15.6 Å². The summed E-state index contributed by atoms with van der Waals surface area (Å²) in [7, 11) is -3.54. The minimum Gasteiger partial charge on any atom is -0.486 e. The van der Waals surface area contributed by atoms with E-state index < -0.39 is 10.0 Å². The van der Waals surface area contributed by atoms with Gasteiger partial charge in [0.1, 0.15) is 17.4 Å². The number of benzene rings is 1. The van der Waals surface area contributed by atoms with E-state index in [4.69, 9.17) is 9.47 Å². The van der Waals surface area contributed by atoms with Gasteiger partial charge >= 0.3 is 0 Å². The third-order valence-corrected chi connectivity index (χ3v) is 8.78. The summed E-state index contributed by atoms with van der Waals surface area (Å²) in [4.78, 5) is 13.0. The van der Waals surface area contributed by atoms with Crippen molar-refractivity contribution in [3.8, 4) is 11.5 Å². The van der Waals surface area contributed by atoms with Crippen LogP contribution in [0.3, 0.4) is 0 Å². The zero-order valence-corrected chi connectivity index (χ0v) is 18.5. The van der Waals surface area contributed by atoms with Crippen LogP contribution in [0.1, 0.15) is 37.8 Å². The maximum atomic E-state index is 13.0. The predicted octanol–water partition coefficient (Wildman–Crippen LogP) is 3.19. The van der Waals surface area contributed by atoms with Crippen LogP contribution in [0.4, 0.5) is 0 Å². The molecule has 1 amide bonds. The van der Waals surface area contributed by atoms with Gasteiger partial charge in [0.15, 0.2) is 11.5 Å². The van der Waals surface area contributed by atoms with Crippen molar-refractivity contribution in [2.24, 2.45) is 5.92 Å². The number of piperidine rings is 1. The van der Waals surface area contributed by atoms with Crippen molar-refractivity contribution in [1.29, 1.82) is 0 Å². The smallest absolute Gasteiger partial charge is 0.252 e. The molecule has 0 spiro atoms. The van der Waals surface area contributed by atoms with E-state index >= 15 is 0 Å². The number of carbonyl (C=O) groups is 1. The zero-order valence-electron chi connectivity index (χ0n) is 16.9. The van der Waals surface area contributed by atoms with Gasteiger partial charge in [-0.05, 0) is 48.4 Å². The van der Waals surface area contributed by atoms with Crippen LogP contribution < -0.4 is 14.8 Å². The fraction of sp³-hybridized carbons (Fsp3) is 0.476. The molecule has 2 aliphatic heterocycles. The molecule has 1 aromatic heterocycles. The minimum atomic E-state index is -3.54. The Hall–Kier alpha value is -2.10. The Bertz CT molecular complexity index is 991. The molecule has 3 heterocycles. The van der Waals surface area contributed by atoms with Crippen LogP contribution in [0.25, 0.3) is 0 Å². The quantitative estimate of drug-likeness (QED) is 0.731. The third-order valence-electron chi connectivity index (χ3n) is 5.54. The number of hydrogen-bond acceptors (Lipinski definition) is 6. The molecule has 2 atom stereocenters. The maximum Gasteiger partial charge on any atom is 0.252 e. The number of ether oxygens (including phenoxy) is 2. The average molecular weight is 451 g/mol. The Morgan fingerprint density at radius 2 is 2.07 bits per heavy atom. The van der Waals surface area contributed by atoms with Crippen LogP contribution in [0.5, 0.6) is 11.5 Å². The normalized spacial score (nSPS) is 20.5. The van der Waals surface area contributed by atoms with Crippen molar-refractivity contribution in [3.63, 3.8) is 0 Å². The van der Waals surface area contributed by atoms with Gasteiger partial charge in [0.05, 0.1) is 12.0 Å². The second-order valence-electron chi connectivity index (χ2n) is 7.51. The number of carbonyl (C=O) groups excluding carboxylic acids is 1. The topological polar surface area (TPSA) is 84.9 Å². The lowest BCUT2D eigenvalue weighted by atomic mass is 9.97. The summed E-state index contributed by atoms with van der Waals surface area (Å²) < 4.78 is 38.7. The van der Waals surface area contributed by atoms with Gasteiger partial charge in [0, 0.05) is 13.1 Å². The SMILES string of the molecule is CCC(NC(=O)C1CCCN(S(=O)(=O)c2cccs2)C1)c1ccc2c(c1)OCCO2. The van der Waals surface area contributed by atoms with Crippen molar-refractivity contribution in [2.45, 2.75) is 36.4 Å². The molecule has 9 heteroatoms. The second kappa shape index (κ2) is 8.95. The largest absolute Gasteiger partial charge is 0.486 e. The summed E-state index contributed by atoms with van der Waals surface area (Å²) >= 11 is 1.20. The van der Waals surface area contributed by atoms with Crippen molar-refractivity contribution >= 4 is 27.3 Å². The van der Waals surface area contributed by atoms with E-state index in [1.807, 2.05) is 25.1 Å². The number of sulfonamides is 1. The Kier molecular flexibility index (Phi) is 6.31. The molecular weight excluding hydrogens is 424 g/mol. The van der Waals surface area contributed by atoms with Gasteiger partial charge in [-0.15, -0.1) is 11.3 Å². The van der Waals surface area contributed by atoms with Gasteiger partial charge in [0.2, 0.25) is 5.91 Å². The molecule has 0 aliphatic carbocycles. The molecule has 1 N–H and O–H groups in total. The average Bonchev–Trinajstić information content (AvgIpc) is 3.33. The summed E-state index contributed by atoms with van der Waals surface area (Å²) in [5.74, 6) is 0.938. The Balaban J connectivity index is 1.44. The summed E-state index contributed by atoms with van der Waals surface area (Å²) in [6.45, 7) is 3.71. The molecular formula is C21H26N2O5S2. The molecule has 162 valence electrons. The van der Waals surface area contributed by atoms with Crippen molar-refractivity contribution in [2.75, 3.05) is 26.3 Å². The maximum absolute atomic E-state index is 13.0. The lowest BCUT2D eigenvalue weighted by Crippen LogP contribution is -2.45. The number of amides is 1. The standard InChI is InChI=1S/C21H26N2O5S2/c1-2-17(15-7-8-18-19(13-15)28-11-10-27-18)22-21(24)16-5-3-9-23(14-16)30(25,26)20-6-4-12-29-20/h4,6-8,12-13,16-17H,2-3,5,9-11,14H2,1H3,(H,22,24). The molecule has 0 saturated carbocycles. The number of nitrogens with zero attached hydrogens (tertiary/aromatic N) is 1. The van der Waals surface area contributed by atoms with E-state index in [1.54, 1.807) is 17.5 Å². The monoisotopic (exact) mass is 450 g/mol. The number of hydrogen-bond donors (Lipinski definition) is 1. The van der Waals surface area contributed by atoms with Gasteiger partial charge < -0.3 is 14.8 Å². The fourth-order valence-corrected chi connectivity index (χ4v) is 6.57. The molecule has 2 aromatic rings. The Morgan fingerprint density at radius 3 is 2.80 bits per heavy atom. The van der Waals surface area contributed by atoms with Crippen LogP contribution in [-0.2, 0) is 14.8 Å². The van der Waals surface area contributed by atoms with Crippen LogP contribution in [0.2, 0.25) is 0 Å². The van der Waals surface area contributed by atoms with Gasteiger partial charge in [0.25, 0.3) is 10.0 Å². The molecule has 2 unspecified atom stereocenters. The highest BCUT2D eigenvalue weighted by Gasteiger charge is 2.34. The number of rotatable bonds is 6. The first kappa shape index (κ1) is 21.1. The summed E-state index contributed by atoms with van der Waals surface area (Å²) in [6.07, 6.45) is 2.07. The van der Waals surface area contributed by atoms with Crippen LogP contribution in [0.15, 0.2) is 39.9 Å². The predicted molar refractivity (Wildman–Crippen MR) is 114 cm³/mol. The molecule has 1 aromatic carbocycles. The number of nitrogens with one attached hydrogen (secondary N) is 1. The van der Waals surface area contributed by atoms with Crippen LogP contribution in [-0.4, -0.2) is 44.9 Å². The van der Waals surface area contributed by atoms with Gasteiger partial charge in [-0.3, -0.25) is 4.79 Å². The minimum absolute atomic E-state index is 0.109. The molecule has 7 nitrogen and oxygen atoms in total.